The molecule has 1 heterocycles. The van der Waals surface area contributed by atoms with Gasteiger partial charge in [-0.05, 0) is 19.1 Å². The first kappa shape index (κ1) is 15.5. The second kappa shape index (κ2) is 7.75. The number of anilines is 2. The smallest absolute Gasteiger partial charge is 0.225 e. The molecule has 6 nitrogen and oxygen atoms in total. The molecular weight excluding hydrogens is 268 g/mol. The highest BCUT2D eigenvalue weighted by atomic mass is 16.5. The Labute approximate surface area is 124 Å². The number of benzene rings is 1. The van der Waals surface area contributed by atoms with Crippen molar-refractivity contribution in [3.8, 4) is 0 Å². The van der Waals surface area contributed by atoms with Gasteiger partial charge in [-0.15, -0.1) is 0 Å². The molecule has 0 aliphatic carbocycles. The van der Waals surface area contributed by atoms with E-state index in [2.05, 4.69) is 20.6 Å². The summed E-state index contributed by atoms with van der Waals surface area (Å²) in [5.74, 6) is 1.43. The van der Waals surface area contributed by atoms with E-state index in [-0.39, 0.29) is 6.10 Å². The Morgan fingerprint density at radius 2 is 1.95 bits per heavy atom. The molecule has 0 fully saturated rings. The molecule has 2 rings (SSSR count). The molecule has 0 spiro atoms. The molecule has 1 aromatic heterocycles. The van der Waals surface area contributed by atoms with Crippen molar-refractivity contribution in [1.29, 1.82) is 0 Å². The van der Waals surface area contributed by atoms with E-state index in [0.29, 0.717) is 19.1 Å². The number of para-hydroxylation sites is 1. The molecule has 0 aliphatic heterocycles. The van der Waals surface area contributed by atoms with Crippen LogP contribution in [0.25, 0.3) is 10.9 Å². The average Bonchev–Trinajstić information content (AvgIpc) is 2.51. The molecule has 0 radical (unpaired) electrons. The van der Waals surface area contributed by atoms with E-state index in [1.807, 2.05) is 31.2 Å². The van der Waals surface area contributed by atoms with Gasteiger partial charge in [0.05, 0.1) is 18.2 Å². The molecule has 0 saturated heterocycles. The Morgan fingerprint density at radius 3 is 2.67 bits per heavy atom. The monoisotopic (exact) mass is 290 g/mol. The Bertz CT molecular complexity index is 577. The lowest BCUT2D eigenvalue weighted by molar-refractivity contribution is 0.0365. The molecule has 0 aliphatic rings. The molecule has 1 unspecified atom stereocenters. The molecular formula is C15H22N4O2. The van der Waals surface area contributed by atoms with Crippen LogP contribution in [0.2, 0.25) is 0 Å². The summed E-state index contributed by atoms with van der Waals surface area (Å²) in [5, 5.41) is 7.47. The van der Waals surface area contributed by atoms with Gasteiger partial charge in [-0.3, -0.25) is 0 Å². The third kappa shape index (κ3) is 4.03. The second-order valence-electron chi connectivity index (χ2n) is 4.64. The summed E-state index contributed by atoms with van der Waals surface area (Å²) in [6.45, 7) is 3.96. The summed E-state index contributed by atoms with van der Waals surface area (Å²) >= 11 is 0. The maximum absolute atomic E-state index is 5.36. The van der Waals surface area contributed by atoms with Crippen LogP contribution in [0.15, 0.2) is 24.3 Å². The summed E-state index contributed by atoms with van der Waals surface area (Å²) < 4.78 is 10.5. The Hall–Kier alpha value is -1.92. The summed E-state index contributed by atoms with van der Waals surface area (Å²) in [4.78, 5) is 9.02. The Balaban J connectivity index is 2.24. The van der Waals surface area contributed by atoms with E-state index < -0.39 is 0 Å². The molecule has 0 amide bonds. The van der Waals surface area contributed by atoms with E-state index in [1.165, 1.54) is 0 Å². The number of rotatable bonds is 8. The van der Waals surface area contributed by atoms with E-state index in [0.717, 1.165) is 23.3 Å². The molecule has 0 bridgehead atoms. The number of fused-ring (bicyclic) bond motifs is 1. The first-order valence-electron chi connectivity index (χ1n) is 7.04. The van der Waals surface area contributed by atoms with Crippen LogP contribution >= 0.6 is 0 Å². The summed E-state index contributed by atoms with van der Waals surface area (Å²) in [6.07, 6.45) is -0.0219. The zero-order chi connectivity index (χ0) is 15.1. The zero-order valence-electron chi connectivity index (χ0n) is 12.7. The van der Waals surface area contributed by atoms with Crippen LogP contribution in [-0.2, 0) is 9.47 Å². The standard InChI is InChI=1S/C15H22N4O2/c1-4-16-15-18-13-8-6-5-7-12(13)14(19-15)17-9-11(21-3)10-20-2/h5-8,11H,4,9-10H2,1-3H3,(H2,16,17,18,19). The number of hydrogen-bond donors (Lipinski definition) is 2. The van der Waals surface area contributed by atoms with Crippen molar-refractivity contribution in [3.05, 3.63) is 24.3 Å². The summed E-state index contributed by atoms with van der Waals surface area (Å²) in [7, 11) is 3.34. The fourth-order valence-electron chi connectivity index (χ4n) is 2.06. The normalized spacial score (nSPS) is 12.3. The highest BCUT2D eigenvalue weighted by Crippen LogP contribution is 2.21. The van der Waals surface area contributed by atoms with Crippen molar-refractivity contribution in [2.24, 2.45) is 0 Å². The highest BCUT2D eigenvalue weighted by molar-refractivity contribution is 5.90. The minimum Gasteiger partial charge on any atom is -0.382 e. The third-order valence-electron chi connectivity index (χ3n) is 3.12. The fourth-order valence-corrected chi connectivity index (χ4v) is 2.06. The third-order valence-corrected chi connectivity index (χ3v) is 3.12. The van der Waals surface area contributed by atoms with Crippen LogP contribution < -0.4 is 10.6 Å². The number of nitrogens with one attached hydrogen (secondary N) is 2. The predicted octanol–water partition coefficient (Wildman–Crippen LogP) is 2.13. The van der Waals surface area contributed by atoms with Crippen LogP contribution in [0.5, 0.6) is 0 Å². The van der Waals surface area contributed by atoms with Crippen LogP contribution in [0.4, 0.5) is 11.8 Å². The maximum Gasteiger partial charge on any atom is 0.225 e. The SMILES string of the molecule is CCNc1nc(NCC(COC)OC)c2ccccc2n1. The predicted molar refractivity (Wildman–Crippen MR) is 84.9 cm³/mol. The van der Waals surface area contributed by atoms with Gasteiger partial charge in [-0.2, -0.15) is 4.98 Å². The molecule has 21 heavy (non-hydrogen) atoms. The molecule has 114 valence electrons. The number of nitrogens with zero attached hydrogens (tertiary/aromatic N) is 2. The van der Waals surface area contributed by atoms with Crippen molar-refractivity contribution >= 4 is 22.7 Å². The number of aromatic nitrogens is 2. The number of ether oxygens (including phenoxy) is 2. The van der Waals surface area contributed by atoms with Crippen molar-refractivity contribution in [2.45, 2.75) is 13.0 Å². The van der Waals surface area contributed by atoms with Gasteiger partial charge in [0.1, 0.15) is 5.82 Å². The largest absolute Gasteiger partial charge is 0.382 e. The van der Waals surface area contributed by atoms with Crippen molar-refractivity contribution in [3.63, 3.8) is 0 Å². The fraction of sp³-hybridized carbons (Fsp3) is 0.467. The van der Waals surface area contributed by atoms with Crippen LogP contribution in [0.1, 0.15) is 6.92 Å². The first-order valence-corrected chi connectivity index (χ1v) is 7.04. The molecule has 1 atom stereocenters. The number of hydrogen-bond acceptors (Lipinski definition) is 6. The van der Waals surface area contributed by atoms with E-state index in [9.17, 15) is 0 Å². The number of methoxy groups -OCH3 is 2. The Kier molecular flexibility index (Phi) is 5.71. The maximum atomic E-state index is 5.36. The minimum atomic E-state index is -0.0219. The molecule has 2 aromatic rings. The van der Waals surface area contributed by atoms with E-state index in [1.54, 1.807) is 14.2 Å². The van der Waals surface area contributed by atoms with Crippen LogP contribution in [0.3, 0.4) is 0 Å². The average molecular weight is 290 g/mol. The van der Waals surface area contributed by atoms with Gasteiger partial charge in [-0.1, -0.05) is 12.1 Å². The van der Waals surface area contributed by atoms with Gasteiger partial charge in [0.25, 0.3) is 0 Å². The quantitative estimate of drug-likeness (QED) is 0.776. The van der Waals surface area contributed by atoms with Gasteiger partial charge in [-0.25, -0.2) is 4.98 Å². The van der Waals surface area contributed by atoms with Crippen LogP contribution in [0, 0.1) is 0 Å². The molecule has 6 heteroatoms. The van der Waals surface area contributed by atoms with Crippen LogP contribution in [-0.4, -0.2) is 50.0 Å². The van der Waals surface area contributed by atoms with Gasteiger partial charge >= 0.3 is 0 Å². The van der Waals surface area contributed by atoms with E-state index in [4.69, 9.17) is 9.47 Å². The Morgan fingerprint density at radius 1 is 1.14 bits per heavy atom. The second-order valence-corrected chi connectivity index (χ2v) is 4.64. The lowest BCUT2D eigenvalue weighted by atomic mass is 10.2. The van der Waals surface area contributed by atoms with E-state index >= 15 is 0 Å². The summed E-state index contributed by atoms with van der Waals surface area (Å²) in [6, 6.07) is 7.93. The lowest BCUT2D eigenvalue weighted by Crippen LogP contribution is -2.27. The van der Waals surface area contributed by atoms with Gasteiger partial charge in [0.15, 0.2) is 0 Å². The topological polar surface area (TPSA) is 68.3 Å². The first-order chi connectivity index (χ1) is 10.3. The van der Waals surface area contributed by atoms with Gasteiger partial charge in [0, 0.05) is 32.7 Å². The minimum absolute atomic E-state index is 0.0219. The molecule has 1 aromatic carbocycles. The molecule has 2 N–H and O–H groups in total. The summed E-state index contributed by atoms with van der Waals surface area (Å²) in [5.41, 5.74) is 0.909. The highest BCUT2D eigenvalue weighted by Gasteiger charge is 2.10. The van der Waals surface area contributed by atoms with Crippen molar-refractivity contribution < 1.29 is 9.47 Å². The zero-order valence-corrected chi connectivity index (χ0v) is 12.7. The van der Waals surface area contributed by atoms with Crippen molar-refractivity contribution in [1.82, 2.24) is 9.97 Å². The lowest BCUT2D eigenvalue weighted by Gasteiger charge is -2.16. The van der Waals surface area contributed by atoms with Gasteiger partial charge < -0.3 is 20.1 Å². The van der Waals surface area contributed by atoms with Crippen molar-refractivity contribution in [2.75, 3.05) is 44.5 Å². The molecule has 0 saturated carbocycles. The van der Waals surface area contributed by atoms with Gasteiger partial charge in [0.2, 0.25) is 5.95 Å².